The minimum atomic E-state index is -0.610. The smallest absolute Gasteiger partial charge is 0.256 e. The van der Waals surface area contributed by atoms with Gasteiger partial charge in [-0.05, 0) is 35.2 Å². The lowest BCUT2D eigenvalue weighted by Crippen LogP contribution is -2.14. The molecule has 0 atom stereocenters. The molecule has 0 aliphatic carbocycles. The van der Waals surface area contributed by atoms with Crippen LogP contribution in [0.4, 0.5) is 5.82 Å². The summed E-state index contributed by atoms with van der Waals surface area (Å²) in [5.41, 5.74) is 2.31. The Hall–Kier alpha value is -3.06. The number of imidazole rings is 1. The van der Waals surface area contributed by atoms with Gasteiger partial charge in [-0.3, -0.25) is 9.59 Å². The molecule has 7 heteroatoms. The van der Waals surface area contributed by atoms with Gasteiger partial charge >= 0.3 is 0 Å². The van der Waals surface area contributed by atoms with Gasteiger partial charge in [0.25, 0.3) is 5.91 Å². The molecule has 1 amide bonds. The van der Waals surface area contributed by atoms with E-state index >= 15 is 0 Å². The fourth-order valence-corrected chi connectivity index (χ4v) is 2.48. The van der Waals surface area contributed by atoms with Crippen LogP contribution in [-0.4, -0.2) is 38.0 Å². The Labute approximate surface area is 150 Å². The Morgan fingerprint density at radius 1 is 1.12 bits per heavy atom. The number of hydrogen-bond donors (Lipinski definition) is 2. The van der Waals surface area contributed by atoms with E-state index in [2.05, 4.69) is 36.2 Å². The van der Waals surface area contributed by atoms with Crippen molar-refractivity contribution in [2.75, 3.05) is 11.9 Å². The number of fused-ring (bicyclic) bond motifs is 1. The van der Waals surface area contributed by atoms with Crippen LogP contribution in [0.15, 0.2) is 42.6 Å². The zero-order valence-corrected chi connectivity index (χ0v) is 14.9. The molecule has 0 bridgehead atoms. The number of benzene rings is 1. The van der Waals surface area contributed by atoms with Crippen LogP contribution in [0, 0.1) is 0 Å². The molecule has 2 N–H and O–H groups in total. The van der Waals surface area contributed by atoms with Crippen molar-refractivity contribution in [3.63, 3.8) is 0 Å². The summed E-state index contributed by atoms with van der Waals surface area (Å²) in [5, 5.41) is 15.7. The number of carbonyl (C=O) groups is 2. The van der Waals surface area contributed by atoms with Gasteiger partial charge in [-0.15, -0.1) is 0 Å². The van der Waals surface area contributed by atoms with E-state index in [1.807, 2.05) is 12.1 Å². The van der Waals surface area contributed by atoms with Crippen molar-refractivity contribution in [3.05, 3.63) is 59.4 Å². The predicted molar refractivity (Wildman–Crippen MR) is 97.5 cm³/mol. The van der Waals surface area contributed by atoms with Crippen LogP contribution < -0.4 is 5.32 Å². The first kappa shape index (κ1) is 17.8. The zero-order chi connectivity index (χ0) is 18.9. The normalized spacial score (nSPS) is 11.5. The molecule has 26 heavy (non-hydrogen) atoms. The molecule has 3 aromatic rings. The van der Waals surface area contributed by atoms with Crippen molar-refractivity contribution in [3.8, 4) is 0 Å². The second-order valence-electron chi connectivity index (χ2n) is 7.01. The predicted octanol–water partition coefficient (Wildman–Crippen LogP) is 2.45. The van der Waals surface area contributed by atoms with Gasteiger partial charge in [-0.2, -0.15) is 5.10 Å². The highest BCUT2D eigenvalue weighted by Crippen LogP contribution is 2.22. The molecule has 0 aliphatic heterocycles. The number of ketones is 1. The van der Waals surface area contributed by atoms with Crippen LogP contribution >= 0.6 is 0 Å². The lowest BCUT2D eigenvalue weighted by atomic mass is 9.87. The summed E-state index contributed by atoms with van der Waals surface area (Å²) in [6.07, 6.45) is 1.52. The molecular formula is C19H20N4O3. The van der Waals surface area contributed by atoms with Crippen LogP contribution in [-0.2, 0) is 5.41 Å². The third-order valence-electron chi connectivity index (χ3n) is 4.00. The third kappa shape index (κ3) is 3.62. The first-order valence-corrected chi connectivity index (χ1v) is 8.20. The number of rotatable bonds is 4. The summed E-state index contributed by atoms with van der Waals surface area (Å²) in [5.74, 6) is -0.429. The molecule has 2 aromatic heterocycles. The van der Waals surface area contributed by atoms with Gasteiger partial charge in [0.1, 0.15) is 12.3 Å². The van der Waals surface area contributed by atoms with Crippen LogP contribution in [0.5, 0.6) is 0 Å². The van der Waals surface area contributed by atoms with Gasteiger partial charge in [-0.25, -0.2) is 9.50 Å². The van der Waals surface area contributed by atoms with Crippen molar-refractivity contribution in [1.29, 1.82) is 0 Å². The molecule has 0 saturated carbocycles. The third-order valence-corrected chi connectivity index (χ3v) is 4.00. The number of nitrogens with zero attached hydrogens (tertiary/aromatic N) is 3. The maximum absolute atomic E-state index is 12.4. The minimum absolute atomic E-state index is 0.0198. The number of anilines is 1. The van der Waals surface area contributed by atoms with E-state index in [9.17, 15) is 9.59 Å². The van der Waals surface area contributed by atoms with Crippen molar-refractivity contribution < 1.29 is 14.7 Å². The topological polar surface area (TPSA) is 96.6 Å². The standard InChI is InChI=1S/C19H20N4O3/c1-19(2,3)13-6-4-12(5-7-13)18(26)21-16-10-23-17(20-16)9-8-14(22-23)15(25)11-24/h4-10,24H,11H2,1-3H3,(H,21,26). The van der Waals surface area contributed by atoms with Gasteiger partial charge in [0.15, 0.2) is 11.5 Å². The summed E-state index contributed by atoms with van der Waals surface area (Å²) < 4.78 is 1.39. The molecule has 134 valence electrons. The van der Waals surface area contributed by atoms with E-state index in [4.69, 9.17) is 5.11 Å². The van der Waals surface area contributed by atoms with E-state index in [1.165, 1.54) is 16.8 Å². The van der Waals surface area contributed by atoms with Crippen LogP contribution in [0.2, 0.25) is 0 Å². The molecule has 0 fully saturated rings. The Bertz CT molecular complexity index is 969. The van der Waals surface area contributed by atoms with E-state index in [-0.39, 0.29) is 17.0 Å². The summed E-state index contributed by atoms with van der Waals surface area (Å²) in [6, 6.07) is 10.5. The Morgan fingerprint density at radius 3 is 2.42 bits per heavy atom. The minimum Gasteiger partial charge on any atom is -0.388 e. The number of aromatic nitrogens is 3. The first-order chi connectivity index (χ1) is 12.3. The second kappa shape index (κ2) is 6.68. The molecule has 3 rings (SSSR count). The van der Waals surface area contributed by atoms with Gasteiger partial charge in [-0.1, -0.05) is 32.9 Å². The molecule has 7 nitrogen and oxygen atoms in total. The highest BCUT2D eigenvalue weighted by molar-refractivity contribution is 6.03. The summed E-state index contributed by atoms with van der Waals surface area (Å²) in [4.78, 5) is 28.2. The summed E-state index contributed by atoms with van der Waals surface area (Å²) >= 11 is 0. The molecule has 0 saturated heterocycles. The van der Waals surface area contributed by atoms with E-state index < -0.39 is 12.4 Å². The summed E-state index contributed by atoms with van der Waals surface area (Å²) in [6.45, 7) is 5.73. The van der Waals surface area contributed by atoms with Crippen molar-refractivity contribution in [2.24, 2.45) is 0 Å². The number of amides is 1. The quantitative estimate of drug-likeness (QED) is 0.703. The molecule has 0 spiro atoms. The maximum atomic E-state index is 12.4. The fourth-order valence-electron chi connectivity index (χ4n) is 2.48. The molecule has 0 radical (unpaired) electrons. The molecular weight excluding hydrogens is 332 g/mol. The van der Waals surface area contributed by atoms with E-state index in [1.54, 1.807) is 18.2 Å². The van der Waals surface area contributed by atoms with Gasteiger partial charge in [0.2, 0.25) is 5.78 Å². The van der Waals surface area contributed by atoms with Gasteiger partial charge in [0, 0.05) is 5.56 Å². The lowest BCUT2D eigenvalue weighted by Gasteiger charge is -2.18. The fraction of sp³-hybridized carbons (Fsp3) is 0.263. The van der Waals surface area contributed by atoms with Crippen molar-refractivity contribution in [1.82, 2.24) is 14.6 Å². The van der Waals surface area contributed by atoms with E-state index in [0.717, 1.165) is 5.56 Å². The molecule has 0 aliphatic rings. The highest BCUT2D eigenvalue weighted by atomic mass is 16.3. The Balaban J connectivity index is 1.79. The molecule has 2 heterocycles. The van der Waals surface area contributed by atoms with Crippen molar-refractivity contribution in [2.45, 2.75) is 26.2 Å². The van der Waals surface area contributed by atoms with Crippen LogP contribution in [0.3, 0.4) is 0 Å². The maximum Gasteiger partial charge on any atom is 0.256 e. The monoisotopic (exact) mass is 352 g/mol. The molecule has 1 aromatic carbocycles. The Morgan fingerprint density at radius 2 is 1.81 bits per heavy atom. The number of aliphatic hydroxyl groups excluding tert-OH is 1. The SMILES string of the molecule is CC(C)(C)c1ccc(C(=O)Nc2cn3nc(C(=O)CO)ccc3n2)cc1. The average molecular weight is 352 g/mol. The number of carbonyl (C=O) groups excluding carboxylic acids is 2. The van der Waals surface area contributed by atoms with Gasteiger partial charge < -0.3 is 10.4 Å². The second-order valence-corrected chi connectivity index (χ2v) is 7.01. The summed E-state index contributed by atoms with van der Waals surface area (Å²) in [7, 11) is 0. The van der Waals surface area contributed by atoms with Crippen LogP contribution in [0.1, 0.15) is 47.2 Å². The van der Waals surface area contributed by atoms with E-state index in [0.29, 0.717) is 17.0 Å². The number of hydrogen-bond acceptors (Lipinski definition) is 5. The Kier molecular flexibility index (Phi) is 4.56. The lowest BCUT2D eigenvalue weighted by molar-refractivity contribution is 0.0897. The largest absolute Gasteiger partial charge is 0.388 e. The van der Waals surface area contributed by atoms with Crippen LogP contribution in [0.25, 0.3) is 5.65 Å². The zero-order valence-electron chi connectivity index (χ0n) is 14.9. The number of Topliss-reactive ketones (excluding diaryl/α,β-unsaturated/α-hetero) is 1. The highest BCUT2D eigenvalue weighted by Gasteiger charge is 2.15. The van der Waals surface area contributed by atoms with Crippen molar-refractivity contribution >= 4 is 23.2 Å². The molecule has 0 unspecified atom stereocenters. The number of nitrogens with one attached hydrogen (secondary N) is 1. The number of aliphatic hydroxyl groups is 1. The first-order valence-electron chi connectivity index (χ1n) is 8.20. The van der Waals surface area contributed by atoms with Gasteiger partial charge in [0.05, 0.1) is 6.20 Å². The average Bonchev–Trinajstić information content (AvgIpc) is 3.01.